The Balaban J connectivity index is 1.96. The van der Waals surface area contributed by atoms with Crippen molar-refractivity contribution < 1.29 is 0 Å². The minimum Gasteiger partial charge on any atom is -0.255 e. The Morgan fingerprint density at radius 1 is 0.464 bits per heavy atom. The van der Waals surface area contributed by atoms with Gasteiger partial charge in [0.2, 0.25) is 0 Å². The molecule has 0 atom stereocenters. The van der Waals surface area contributed by atoms with Crippen molar-refractivity contribution in [3.8, 4) is 22.5 Å². The molecule has 0 aliphatic carbocycles. The van der Waals surface area contributed by atoms with Crippen LogP contribution in [0.2, 0.25) is 0 Å². The van der Waals surface area contributed by atoms with Gasteiger partial charge in [-0.3, -0.25) is 9.97 Å². The van der Waals surface area contributed by atoms with E-state index in [4.69, 9.17) is 9.97 Å². The topological polar surface area (TPSA) is 25.8 Å². The van der Waals surface area contributed by atoms with Crippen LogP contribution in [0.5, 0.6) is 0 Å². The molecule has 5 rings (SSSR count). The summed E-state index contributed by atoms with van der Waals surface area (Å²) < 4.78 is 1.95. The first kappa shape index (κ1) is 17.5. The second-order valence-corrected chi connectivity index (χ2v) is 8.40. The zero-order valence-corrected chi connectivity index (χ0v) is 17.9. The summed E-state index contributed by atoms with van der Waals surface area (Å²) in [6.45, 7) is 0. The summed E-state index contributed by atoms with van der Waals surface area (Å²) in [4.78, 5) is 9.39. The lowest BCUT2D eigenvalue weighted by atomic mass is 9.89. The summed E-state index contributed by atoms with van der Waals surface area (Å²) in [6, 6.07) is 25.2. The van der Waals surface area contributed by atoms with Gasteiger partial charge in [-0.05, 0) is 77.7 Å². The first-order valence-electron chi connectivity index (χ1n) is 8.89. The van der Waals surface area contributed by atoms with Crippen molar-refractivity contribution >= 4 is 53.4 Å². The van der Waals surface area contributed by atoms with Gasteiger partial charge in [-0.1, -0.05) is 48.5 Å². The van der Waals surface area contributed by atoms with E-state index in [0.717, 1.165) is 31.5 Å². The Bertz CT molecular complexity index is 1150. The average molecular weight is 490 g/mol. The maximum absolute atomic E-state index is 4.69. The zero-order valence-electron chi connectivity index (χ0n) is 14.7. The number of pyridine rings is 2. The maximum Gasteiger partial charge on any atom is 0.0715 e. The van der Waals surface area contributed by atoms with E-state index in [1.54, 1.807) is 0 Å². The first-order chi connectivity index (χ1) is 13.7. The molecule has 0 saturated heterocycles. The highest BCUT2D eigenvalue weighted by Gasteiger charge is 2.17. The lowest BCUT2D eigenvalue weighted by Gasteiger charge is -2.16. The quantitative estimate of drug-likeness (QED) is 0.238. The van der Waals surface area contributed by atoms with E-state index in [-0.39, 0.29) is 0 Å². The fourth-order valence-electron chi connectivity index (χ4n) is 3.73. The van der Waals surface area contributed by atoms with Gasteiger partial charge in [0.15, 0.2) is 0 Å². The van der Waals surface area contributed by atoms with E-state index in [1.807, 2.05) is 24.5 Å². The summed E-state index contributed by atoms with van der Waals surface area (Å²) in [5.74, 6) is 0. The van der Waals surface area contributed by atoms with E-state index < -0.39 is 0 Å². The standard InChI is InChI=1S/C24H14Br2N2/c25-15-9-11-21(27-13-15)23-17-5-1-2-6-18(17)24(20-8-4-3-7-19(20)23)22-12-10-16(26)14-28-22/h1-14H. The van der Waals surface area contributed by atoms with Gasteiger partial charge in [0.05, 0.1) is 11.4 Å². The number of rotatable bonds is 2. The summed E-state index contributed by atoms with van der Waals surface area (Å²) in [5.41, 5.74) is 4.23. The van der Waals surface area contributed by atoms with Crippen LogP contribution in [0.25, 0.3) is 44.1 Å². The highest BCUT2D eigenvalue weighted by molar-refractivity contribution is 9.10. The van der Waals surface area contributed by atoms with Crippen molar-refractivity contribution in [2.75, 3.05) is 0 Å². The molecular formula is C24H14Br2N2. The van der Waals surface area contributed by atoms with Crippen molar-refractivity contribution in [2.45, 2.75) is 0 Å². The van der Waals surface area contributed by atoms with E-state index in [0.29, 0.717) is 0 Å². The van der Waals surface area contributed by atoms with Gasteiger partial charge in [0, 0.05) is 32.5 Å². The molecule has 0 saturated carbocycles. The van der Waals surface area contributed by atoms with E-state index in [2.05, 4.69) is 92.5 Å². The summed E-state index contributed by atoms with van der Waals surface area (Å²) in [7, 11) is 0. The van der Waals surface area contributed by atoms with Crippen molar-refractivity contribution in [3.63, 3.8) is 0 Å². The van der Waals surface area contributed by atoms with Crippen LogP contribution in [0.15, 0.2) is 94.1 Å². The number of aromatic nitrogens is 2. The molecule has 5 aromatic rings. The monoisotopic (exact) mass is 488 g/mol. The van der Waals surface area contributed by atoms with Gasteiger partial charge in [-0.2, -0.15) is 0 Å². The molecule has 2 nitrogen and oxygen atoms in total. The summed E-state index contributed by atoms with van der Waals surface area (Å²) in [5, 5.41) is 4.71. The average Bonchev–Trinajstić information content (AvgIpc) is 2.74. The predicted molar refractivity (Wildman–Crippen MR) is 123 cm³/mol. The van der Waals surface area contributed by atoms with Crippen molar-refractivity contribution in [2.24, 2.45) is 0 Å². The Kier molecular flexibility index (Phi) is 4.46. The number of hydrogen-bond acceptors (Lipinski definition) is 2. The molecule has 2 heterocycles. The smallest absolute Gasteiger partial charge is 0.0715 e. The highest BCUT2D eigenvalue weighted by Crippen LogP contribution is 2.42. The van der Waals surface area contributed by atoms with Crippen molar-refractivity contribution in [1.29, 1.82) is 0 Å². The van der Waals surface area contributed by atoms with Crippen molar-refractivity contribution in [3.05, 3.63) is 94.1 Å². The molecule has 0 radical (unpaired) electrons. The molecule has 0 unspecified atom stereocenters. The van der Waals surface area contributed by atoms with Crippen LogP contribution in [-0.2, 0) is 0 Å². The first-order valence-corrected chi connectivity index (χ1v) is 10.5. The minimum absolute atomic E-state index is 0.964. The van der Waals surface area contributed by atoms with Gasteiger partial charge in [0.1, 0.15) is 0 Å². The van der Waals surface area contributed by atoms with Crippen LogP contribution in [0, 0.1) is 0 Å². The summed E-state index contributed by atoms with van der Waals surface area (Å²) >= 11 is 6.98. The van der Waals surface area contributed by atoms with Crippen LogP contribution in [-0.4, -0.2) is 9.97 Å². The van der Waals surface area contributed by atoms with Gasteiger partial charge in [-0.25, -0.2) is 0 Å². The number of fused-ring (bicyclic) bond motifs is 2. The maximum atomic E-state index is 4.69. The zero-order chi connectivity index (χ0) is 19.1. The second kappa shape index (κ2) is 7.12. The molecule has 0 amide bonds. The van der Waals surface area contributed by atoms with Crippen LogP contribution in [0.4, 0.5) is 0 Å². The Morgan fingerprint density at radius 3 is 1.11 bits per heavy atom. The molecule has 0 fully saturated rings. The lowest BCUT2D eigenvalue weighted by molar-refractivity contribution is 1.31. The van der Waals surface area contributed by atoms with Gasteiger partial charge >= 0.3 is 0 Å². The van der Waals surface area contributed by atoms with E-state index >= 15 is 0 Å². The fourth-order valence-corrected chi connectivity index (χ4v) is 4.20. The minimum atomic E-state index is 0.964. The van der Waals surface area contributed by atoms with E-state index in [9.17, 15) is 0 Å². The molecule has 0 aliphatic rings. The summed E-state index contributed by atoms with van der Waals surface area (Å²) in [6.07, 6.45) is 3.70. The van der Waals surface area contributed by atoms with Crippen LogP contribution >= 0.6 is 31.9 Å². The molecule has 2 aromatic heterocycles. The molecule has 0 N–H and O–H groups in total. The van der Waals surface area contributed by atoms with Gasteiger partial charge in [-0.15, -0.1) is 0 Å². The highest BCUT2D eigenvalue weighted by atomic mass is 79.9. The van der Waals surface area contributed by atoms with Gasteiger partial charge in [0.25, 0.3) is 0 Å². The normalized spacial score (nSPS) is 11.2. The Hall–Kier alpha value is -2.56. The van der Waals surface area contributed by atoms with Crippen LogP contribution < -0.4 is 0 Å². The third kappa shape index (κ3) is 2.93. The third-order valence-electron chi connectivity index (χ3n) is 4.90. The Morgan fingerprint density at radius 2 is 0.821 bits per heavy atom. The van der Waals surface area contributed by atoms with Crippen LogP contribution in [0.3, 0.4) is 0 Å². The van der Waals surface area contributed by atoms with Gasteiger partial charge < -0.3 is 0 Å². The molecule has 0 spiro atoms. The largest absolute Gasteiger partial charge is 0.255 e. The Labute approximate surface area is 179 Å². The molecule has 0 bridgehead atoms. The third-order valence-corrected chi connectivity index (χ3v) is 5.84. The lowest BCUT2D eigenvalue weighted by Crippen LogP contribution is -1.93. The molecule has 4 heteroatoms. The molecular weight excluding hydrogens is 476 g/mol. The molecule has 134 valence electrons. The number of benzene rings is 3. The number of hydrogen-bond donors (Lipinski definition) is 0. The van der Waals surface area contributed by atoms with Crippen molar-refractivity contribution in [1.82, 2.24) is 9.97 Å². The predicted octanol–water partition coefficient (Wildman–Crippen LogP) is 7.64. The van der Waals surface area contributed by atoms with Crippen LogP contribution in [0.1, 0.15) is 0 Å². The number of halogens is 2. The fraction of sp³-hybridized carbons (Fsp3) is 0. The molecule has 3 aromatic carbocycles. The SMILES string of the molecule is Brc1ccc(-c2c3ccccc3c(-c3ccc(Br)cn3)c3ccccc23)nc1. The second-order valence-electron chi connectivity index (χ2n) is 6.56. The molecule has 0 aliphatic heterocycles. The molecule has 28 heavy (non-hydrogen) atoms. The number of nitrogens with zero attached hydrogens (tertiary/aromatic N) is 2. The van der Waals surface area contributed by atoms with E-state index in [1.165, 1.54) is 21.5 Å².